The summed E-state index contributed by atoms with van der Waals surface area (Å²) in [5.74, 6) is 1.67. The van der Waals surface area contributed by atoms with E-state index in [2.05, 4.69) is 74.8 Å². The third-order valence-corrected chi connectivity index (χ3v) is 6.88. The van der Waals surface area contributed by atoms with E-state index in [-0.39, 0.29) is 5.41 Å². The normalized spacial score (nSPS) is 24.4. The Morgan fingerprint density at radius 3 is 2.23 bits per heavy atom. The maximum Gasteiger partial charge on any atom is 0.128 e. The molecule has 0 amide bonds. The summed E-state index contributed by atoms with van der Waals surface area (Å²) in [5, 5.41) is 0. The van der Waals surface area contributed by atoms with Gasteiger partial charge >= 0.3 is 0 Å². The fourth-order valence-electron chi connectivity index (χ4n) is 4.39. The molecule has 0 bridgehead atoms. The summed E-state index contributed by atoms with van der Waals surface area (Å²) in [6.07, 6.45) is 5.91. The molecule has 4 nitrogen and oxygen atoms in total. The largest absolute Gasteiger partial charge is 0.357 e. The molecule has 26 heavy (non-hydrogen) atoms. The van der Waals surface area contributed by atoms with Crippen molar-refractivity contribution in [1.82, 2.24) is 14.8 Å². The van der Waals surface area contributed by atoms with Crippen molar-refractivity contribution in [3.8, 4) is 0 Å². The number of hydrogen-bond acceptors (Lipinski definition) is 4. The maximum atomic E-state index is 4.80. The van der Waals surface area contributed by atoms with Gasteiger partial charge < -0.3 is 9.80 Å². The lowest BCUT2D eigenvalue weighted by atomic mass is 9.78. The van der Waals surface area contributed by atoms with Crippen LogP contribution in [0.15, 0.2) is 18.3 Å². The second-order valence-electron chi connectivity index (χ2n) is 9.63. The van der Waals surface area contributed by atoms with Crippen molar-refractivity contribution in [1.29, 1.82) is 0 Å². The highest BCUT2D eigenvalue weighted by molar-refractivity contribution is 5.40. The standard InChI is InChI=1S/C22H38N4/c1-17(22(2,3)4)18-7-8-21(23-15-18)26-13-10-19(11-14-26)25(6)20-9-12-24(5)16-20/h7-8,15,17,19-20H,9-14,16H2,1-6H3/t17-,20?/m1/s1. The summed E-state index contributed by atoms with van der Waals surface area (Å²) in [6, 6.07) is 5.98. The minimum absolute atomic E-state index is 0.278. The second-order valence-corrected chi connectivity index (χ2v) is 9.63. The van der Waals surface area contributed by atoms with Gasteiger partial charge in [-0.15, -0.1) is 0 Å². The van der Waals surface area contributed by atoms with Crippen molar-refractivity contribution in [2.75, 3.05) is 45.2 Å². The van der Waals surface area contributed by atoms with Crippen LogP contribution in [-0.4, -0.2) is 67.1 Å². The molecule has 146 valence electrons. The number of anilines is 1. The van der Waals surface area contributed by atoms with Gasteiger partial charge in [0.1, 0.15) is 5.82 Å². The molecule has 0 spiro atoms. The number of pyridine rings is 1. The number of aromatic nitrogens is 1. The SMILES string of the molecule is C[C@H](c1ccc(N2CCC(N(C)C3CCN(C)C3)CC2)nc1)C(C)(C)C. The first-order valence-electron chi connectivity index (χ1n) is 10.4. The van der Waals surface area contributed by atoms with Crippen LogP contribution in [0.5, 0.6) is 0 Å². The molecule has 2 atom stereocenters. The van der Waals surface area contributed by atoms with Crippen molar-refractivity contribution >= 4 is 5.82 Å². The van der Waals surface area contributed by atoms with Gasteiger partial charge in [0.15, 0.2) is 0 Å². The first-order chi connectivity index (χ1) is 12.3. The maximum absolute atomic E-state index is 4.80. The van der Waals surface area contributed by atoms with Crippen LogP contribution >= 0.6 is 0 Å². The van der Waals surface area contributed by atoms with E-state index in [1.54, 1.807) is 0 Å². The fourth-order valence-corrected chi connectivity index (χ4v) is 4.39. The lowest BCUT2D eigenvalue weighted by Gasteiger charge is -2.39. The molecule has 4 heteroatoms. The van der Waals surface area contributed by atoms with Crippen LogP contribution in [0.2, 0.25) is 0 Å². The van der Waals surface area contributed by atoms with Crippen LogP contribution in [0.3, 0.4) is 0 Å². The van der Waals surface area contributed by atoms with Gasteiger partial charge in [-0.05, 0) is 62.9 Å². The van der Waals surface area contributed by atoms with E-state index < -0.39 is 0 Å². The summed E-state index contributed by atoms with van der Waals surface area (Å²) in [7, 11) is 4.58. The summed E-state index contributed by atoms with van der Waals surface area (Å²) in [5.41, 5.74) is 1.63. The van der Waals surface area contributed by atoms with E-state index >= 15 is 0 Å². The predicted molar refractivity (Wildman–Crippen MR) is 111 cm³/mol. The zero-order chi connectivity index (χ0) is 18.9. The molecule has 2 saturated heterocycles. The minimum atomic E-state index is 0.278. The molecule has 0 saturated carbocycles. The highest BCUT2D eigenvalue weighted by atomic mass is 15.3. The Kier molecular flexibility index (Phi) is 5.93. The molecule has 0 radical (unpaired) electrons. The molecular weight excluding hydrogens is 320 g/mol. The minimum Gasteiger partial charge on any atom is -0.357 e. The Balaban J connectivity index is 1.55. The lowest BCUT2D eigenvalue weighted by molar-refractivity contribution is 0.151. The van der Waals surface area contributed by atoms with Gasteiger partial charge in [-0.2, -0.15) is 0 Å². The molecule has 1 aromatic rings. The lowest BCUT2D eigenvalue weighted by Crippen LogP contribution is -2.48. The first kappa shape index (κ1) is 19.6. The second kappa shape index (κ2) is 7.85. The monoisotopic (exact) mass is 358 g/mol. The molecule has 2 aliphatic rings. The van der Waals surface area contributed by atoms with Crippen molar-refractivity contribution in [2.24, 2.45) is 5.41 Å². The van der Waals surface area contributed by atoms with Crippen LogP contribution in [0.25, 0.3) is 0 Å². The molecule has 0 N–H and O–H groups in total. The molecule has 0 aliphatic carbocycles. The Hall–Kier alpha value is -1.13. The molecule has 3 rings (SSSR count). The van der Waals surface area contributed by atoms with Crippen molar-refractivity contribution in [2.45, 2.75) is 65.0 Å². The highest BCUT2D eigenvalue weighted by Gasteiger charge is 2.30. The van der Waals surface area contributed by atoms with Crippen LogP contribution in [-0.2, 0) is 0 Å². The molecule has 3 heterocycles. The number of piperidine rings is 1. The van der Waals surface area contributed by atoms with Gasteiger partial charge in [0.2, 0.25) is 0 Å². The quantitative estimate of drug-likeness (QED) is 0.816. The summed E-state index contributed by atoms with van der Waals surface area (Å²) in [6.45, 7) is 13.9. The number of rotatable bonds is 4. The molecular formula is C22H38N4. The number of hydrogen-bond donors (Lipinski definition) is 0. The molecule has 0 aromatic carbocycles. The first-order valence-corrected chi connectivity index (χ1v) is 10.4. The average Bonchev–Trinajstić information content (AvgIpc) is 3.06. The van der Waals surface area contributed by atoms with Gasteiger partial charge in [0.25, 0.3) is 0 Å². The summed E-state index contributed by atoms with van der Waals surface area (Å²) in [4.78, 5) is 12.4. The van der Waals surface area contributed by atoms with E-state index in [4.69, 9.17) is 4.98 Å². The van der Waals surface area contributed by atoms with E-state index in [0.29, 0.717) is 5.92 Å². The summed E-state index contributed by atoms with van der Waals surface area (Å²) < 4.78 is 0. The molecule has 2 fully saturated rings. The van der Waals surface area contributed by atoms with Crippen molar-refractivity contribution < 1.29 is 0 Å². The van der Waals surface area contributed by atoms with Crippen LogP contribution in [0.4, 0.5) is 5.82 Å². The molecule has 1 unspecified atom stereocenters. The average molecular weight is 359 g/mol. The van der Waals surface area contributed by atoms with Gasteiger partial charge in [0.05, 0.1) is 0 Å². The third-order valence-electron chi connectivity index (χ3n) is 6.88. The topological polar surface area (TPSA) is 22.6 Å². The number of likely N-dealkylation sites (N-methyl/N-ethyl adjacent to an activating group) is 2. The Morgan fingerprint density at radius 2 is 1.73 bits per heavy atom. The Morgan fingerprint density at radius 1 is 1.08 bits per heavy atom. The van der Waals surface area contributed by atoms with Gasteiger partial charge in [0, 0.05) is 37.9 Å². The van der Waals surface area contributed by atoms with Gasteiger partial charge in [-0.25, -0.2) is 4.98 Å². The molecule has 1 aromatic heterocycles. The van der Waals surface area contributed by atoms with Crippen LogP contribution in [0, 0.1) is 5.41 Å². The zero-order valence-electron chi connectivity index (χ0n) is 17.7. The van der Waals surface area contributed by atoms with E-state index in [1.807, 2.05) is 0 Å². The predicted octanol–water partition coefficient (Wildman–Crippen LogP) is 3.84. The third kappa shape index (κ3) is 4.40. The van der Waals surface area contributed by atoms with E-state index in [0.717, 1.165) is 31.0 Å². The fraction of sp³-hybridized carbons (Fsp3) is 0.773. The number of nitrogens with zero attached hydrogens (tertiary/aromatic N) is 4. The van der Waals surface area contributed by atoms with Crippen molar-refractivity contribution in [3.05, 3.63) is 23.9 Å². The summed E-state index contributed by atoms with van der Waals surface area (Å²) >= 11 is 0. The van der Waals surface area contributed by atoms with Gasteiger partial charge in [-0.1, -0.05) is 33.8 Å². The van der Waals surface area contributed by atoms with Crippen LogP contribution in [0.1, 0.15) is 58.4 Å². The highest BCUT2D eigenvalue weighted by Crippen LogP contribution is 2.34. The molecule has 2 aliphatic heterocycles. The number of likely N-dealkylation sites (tertiary alicyclic amines) is 1. The van der Waals surface area contributed by atoms with Crippen LogP contribution < -0.4 is 4.90 Å². The van der Waals surface area contributed by atoms with E-state index in [1.165, 1.54) is 37.9 Å². The Bertz CT molecular complexity index is 569. The van der Waals surface area contributed by atoms with Gasteiger partial charge in [-0.3, -0.25) is 4.90 Å². The van der Waals surface area contributed by atoms with E-state index in [9.17, 15) is 0 Å². The zero-order valence-corrected chi connectivity index (χ0v) is 17.7. The Labute approximate surface area is 160 Å². The van der Waals surface area contributed by atoms with Crippen molar-refractivity contribution in [3.63, 3.8) is 0 Å². The smallest absolute Gasteiger partial charge is 0.128 e.